The Labute approximate surface area is 86.4 Å². The third-order valence-electron chi connectivity index (χ3n) is 2.13. The highest BCUT2D eigenvalue weighted by molar-refractivity contribution is 5.60. The molecule has 1 heteroatoms. The minimum atomic E-state index is 0.253. The Kier molecular flexibility index (Phi) is 3.75. The molecule has 14 heavy (non-hydrogen) atoms. The van der Waals surface area contributed by atoms with Gasteiger partial charge in [-0.3, -0.25) is 0 Å². The molecule has 0 aromatic heterocycles. The molecular weight excluding hydrogens is 172 g/mol. The van der Waals surface area contributed by atoms with Crippen LogP contribution in [0.1, 0.15) is 30.9 Å². The van der Waals surface area contributed by atoms with Gasteiger partial charge in [0.25, 0.3) is 0 Å². The lowest BCUT2D eigenvalue weighted by Crippen LogP contribution is -1.98. The molecule has 1 unspecified atom stereocenters. The zero-order chi connectivity index (χ0) is 10.6. The van der Waals surface area contributed by atoms with Crippen LogP contribution in [-0.2, 0) is 0 Å². The molecule has 75 valence electrons. The third-order valence-corrected chi connectivity index (χ3v) is 2.13. The van der Waals surface area contributed by atoms with Crippen LogP contribution in [0.25, 0.3) is 6.08 Å². The van der Waals surface area contributed by atoms with E-state index >= 15 is 0 Å². The molecule has 0 saturated carbocycles. The van der Waals surface area contributed by atoms with Crippen molar-refractivity contribution < 1.29 is 4.74 Å². The summed E-state index contributed by atoms with van der Waals surface area (Å²) in [5.41, 5.74) is 2.25. The number of ether oxygens (including phenoxy) is 1. The summed E-state index contributed by atoms with van der Waals surface area (Å²) in [4.78, 5) is 0. The molecule has 1 radical (unpaired) electrons. The molecule has 0 aliphatic heterocycles. The smallest absolute Gasteiger partial charge is 0.126 e. The Morgan fingerprint density at radius 3 is 2.71 bits per heavy atom. The molecule has 1 rings (SSSR count). The van der Waals surface area contributed by atoms with Crippen LogP contribution in [0, 0.1) is 6.92 Å². The molecule has 0 aliphatic carbocycles. The van der Waals surface area contributed by atoms with Crippen molar-refractivity contribution in [3.05, 3.63) is 42.8 Å². The van der Waals surface area contributed by atoms with E-state index in [0.717, 1.165) is 11.3 Å². The third kappa shape index (κ3) is 2.16. The fourth-order valence-corrected chi connectivity index (χ4v) is 1.49. The molecule has 1 aromatic rings. The number of benzene rings is 1. The van der Waals surface area contributed by atoms with E-state index < -0.39 is 0 Å². The van der Waals surface area contributed by atoms with Crippen LogP contribution in [0.2, 0.25) is 0 Å². The second-order valence-corrected chi connectivity index (χ2v) is 3.30. The van der Waals surface area contributed by atoms with Crippen molar-refractivity contribution in [2.45, 2.75) is 19.8 Å². The largest absolute Gasteiger partial charge is 0.493 e. The lowest BCUT2D eigenvalue weighted by atomic mass is 9.96. The molecule has 0 aliphatic rings. The number of hydrogen-bond donors (Lipinski definition) is 0. The Morgan fingerprint density at radius 1 is 1.50 bits per heavy atom. The summed E-state index contributed by atoms with van der Waals surface area (Å²) in [5.74, 6) is 1.15. The maximum atomic E-state index is 5.52. The first-order valence-corrected chi connectivity index (χ1v) is 4.92. The molecule has 0 amide bonds. The second-order valence-electron chi connectivity index (χ2n) is 3.30. The maximum absolute atomic E-state index is 5.52. The topological polar surface area (TPSA) is 9.23 Å². The van der Waals surface area contributed by atoms with Gasteiger partial charge in [-0.25, -0.2) is 0 Å². The van der Waals surface area contributed by atoms with Gasteiger partial charge in [0.05, 0.1) is 6.61 Å². The molecule has 0 saturated heterocycles. The number of rotatable bonds is 4. The minimum Gasteiger partial charge on any atom is -0.493 e. The summed E-state index contributed by atoms with van der Waals surface area (Å²) < 4.78 is 5.52. The van der Waals surface area contributed by atoms with E-state index in [0.29, 0.717) is 6.61 Å². The van der Waals surface area contributed by atoms with E-state index in [1.165, 1.54) is 5.56 Å². The molecule has 0 bridgehead atoms. The van der Waals surface area contributed by atoms with Crippen LogP contribution in [0.15, 0.2) is 24.8 Å². The Bertz CT molecular complexity index is 313. The van der Waals surface area contributed by atoms with Crippen LogP contribution < -0.4 is 4.74 Å². The van der Waals surface area contributed by atoms with Crippen LogP contribution >= 0.6 is 0 Å². The predicted molar refractivity (Wildman–Crippen MR) is 61.5 cm³/mol. The van der Waals surface area contributed by atoms with Gasteiger partial charge in [-0.15, -0.1) is 0 Å². The van der Waals surface area contributed by atoms with E-state index in [4.69, 9.17) is 4.74 Å². The van der Waals surface area contributed by atoms with E-state index in [1.54, 1.807) is 0 Å². The van der Waals surface area contributed by atoms with Gasteiger partial charge in [0.2, 0.25) is 0 Å². The molecule has 0 N–H and O–H groups in total. The van der Waals surface area contributed by atoms with Crippen molar-refractivity contribution in [1.29, 1.82) is 0 Å². The van der Waals surface area contributed by atoms with Gasteiger partial charge >= 0.3 is 0 Å². The van der Waals surface area contributed by atoms with Crippen molar-refractivity contribution in [2.24, 2.45) is 0 Å². The second kappa shape index (κ2) is 4.85. The van der Waals surface area contributed by atoms with Gasteiger partial charge in [-0.2, -0.15) is 0 Å². The highest BCUT2D eigenvalue weighted by Crippen LogP contribution is 2.28. The van der Waals surface area contributed by atoms with Crippen molar-refractivity contribution in [3.63, 3.8) is 0 Å². The van der Waals surface area contributed by atoms with Gasteiger partial charge in [0.1, 0.15) is 5.75 Å². The molecular formula is C13H17O. The van der Waals surface area contributed by atoms with E-state index in [9.17, 15) is 0 Å². The predicted octanol–water partition coefficient (Wildman–Crippen LogP) is 3.67. The first-order chi connectivity index (χ1) is 6.70. The van der Waals surface area contributed by atoms with E-state index in [1.807, 2.05) is 25.1 Å². The van der Waals surface area contributed by atoms with Crippen LogP contribution in [0.3, 0.4) is 0 Å². The maximum Gasteiger partial charge on any atom is 0.126 e. The molecule has 1 nitrogen and oxygen atoms in total. The highest BCUT2D eigenvalue weighted by Gasteiger charge is 2.08. The zero-order valence-corrected chi connectivity index (χ0v) is 8.92. The molecule has 0 fully saturated rings. The van der Waals surface area contributed by atoms with Crippen LogP contribution in [0.4, 0.5) is 0 Å². The standard InChI is InChI=1S/C13H17O/c1-5-11-12(10(3)4)8-7-9-13(11)14-6-2/h5,7-10H,1,3,6H2,2,4H3. The highest BCUT2D eigenvalue weighted by atomic mass is 16.5. The van der Waals surface area contributed by atoms with Gasteiger partial charge in [0.15, 0.2) is 0 Å². The monoisotopic (exact) mass is 189 g/mol. The Morgan fingerprint density at radius 2 is 2.21 bits per heavy atom. The summed E-state index contributed by atoms with van der Waals surface area (Å²) in [5, 5.41) is 0. The normalized spacial score (nSPS) is 10.3. The number of hydrogen-bond acceptors (Lipinski definition) is 1. The first-order valence-electron chi connectivity index (χ1n) is 4.92. The quantitative estimate of drug-likeness (QED) is 0.702. The van der Waals surface area contributed by atoms with Gasteiger partial charge in [-0.05, 0) is 31.4 Å². The summed E-state index contributed by atoms with van der Waals surface area (Å²) in [6.07, 6.45) is 1.84. The fourth-order valence-electron chi connectivity index (χ4n) is 1.49. The van der Waals surface area contributed by atoms with Crippen molar-refractivity contribution in [3.8, 4) is 5.75 Å². The average Bonchev–Trinajstić information content (AvgIpc) is 2.18. The van der Waals surface area contributed by atoms with Crippen molar-refractivity contribution in [2.75, 3.05) is 6.61 Å². The molecule has 1 aromatic carbocycles. The molecule has 0 heterocycles. The Balaban J connectivity index is 3.17. The lowest BCUT2D eigenvalue weighted by molar-refractivity contribution is 0.339. The van der Waals surface area contributed by atoms with E-state index in [2.05, 4.69) is 26.5 Å². The first kappa shape index (κ1) is 10.8. The summed E-state index contributed by atoms with van der Waals surface area (Å²) in [6.45, 7) is 12.5. The molecule has 0 spiro atoms. The van der Waals surface area contributed by atoms with E-state index in [-0.39, 0.29) is 5.92 Å². The molecule has 1 atom stereocenters. The summed E-state index contributed by atoms with van der Waals surface area (Å²) >= 11 is 0. The Hall–Kier alpha value is -1.24. The van der Waals surface area contributed by atoms with Gasteiger partial charge < -0.3 is 4.74 Å². The fraction of sp³-hybridized carbons (Fsp3) is 0.308. The van der Waals surface area contributed by atoms with Crippen LogP contribution in [-0.4, -0.2) is 6.61 Å². The summed E-state index contributed by atoms with van der Waals surface area (Å²) in [6, 6.07) is 6.03. The zero-order valence-electron chi connectivity index (χ0n) is 8.92. The van der Waals surface area contributed by atoms with Crippen molar-refractivity contribution in [1.82, 2.24) is 0 Å². The minimum absolute atomic E-state index is 0.253. The van der Waals surface area contributed by atoms with Crippen LogP contribution in [0.5, 0.6) is 5.75 Å². The average molecular weight is 189 g/mol. The van der Waals surface area contributed by atoms with Crippen molar-refractivity contribution >= 4 is 6.08 Å². The van der Waals surface area contributed by atoms with Gasteiger partial charge in [0, 0.05) is 5.56 Å². The summed E-state index contributed by atoms with van der Waals surface area (Å²) in [7, 11) is 0. The van der Waals surface area contributed by atoms with Gasteiger partial charge in [-0.1, -0.05) is 31.7 Å². The lowest BCUT2D eigenvalue weighted by Gasteiger charge is -2.14. The SMILES string of the molecule is [CH2]C(C)c1cccc(OCC)c1C=C.